The van der Waals surface area contributed by atoms with E-state index < -0.39 is 0 Å². The first kappa shape index (κ1) is 10.9. The van der Waals surface area contributed by atoms with Crippen molar-refractivity contribution in [1.29, 1.82) is 0 Å². The number of rotatable bonds is 4. The Morgan fingerprint density at radius 2 is 1.09 bits per heavy atom. The van der Waals surface area contributed by atoms with Crippen molar-refractivity contribution in [2.24, 2.45) is 0 Å². The van der Waals surface area contributed by atoms with Crippen molar-refractivity contribution in [2.45, 2.75) is 39.8 Å². The lowest BCUT2D eigenvalue weighted by atomic mass is 10.3. The molecule has 0 spiro atoms. The summed E-state index contributed by atoms with van der Waals surface area (Å²) in [5.41, 5.74) is 0. The molecule has 0 fully saturated rings. The zero-order valence-corrected chi connectivity index (χ0v) is 8.76. The summed E-state index contributed by atoms with van der Waals surface area (Å²) in [6.45, 7) is 9.92. The standard InChI is InChI=1S/C9H22N2/c1-8(2)10(5)7-11(6)9(3)4/h8-9H,7H2,1-6H3. The van der Waals surface area contributed by atoms with Crippen LogP contribution in [0.3, 0.4) is 0 Å². The van der Waals surface area contributed by atoms with Gasteiger partial charge in [-0.3, -0.25) is 9.80 Å². The van der Waals surface area contributed by atoms with Gasteiger partial charge >= 0.3 is 0 Å². The molecule has 0 aromatic carbocycles. The lowest BCUT2D eigenvalue weighted by Crippen LogP contribution is -2.40. The molecule has 0 radical (unpaired) electrons. The number of hydrogen-bond acceptors (Lipinski definition) is 2. The molecule has 68 valence electrons. The summed E-state index contributed by atoms with van der Waals surface area (Å²) in [5.74, 6) is 0. The second-order valence-electron chi connectivity index (χ2n) is 3.84. The Bertz CT molecular complexity index is 87.7. The zero-order chi connectivity index (χ0) is 9.02. The Hall–Kier alpha value is -0.0800. The van der Waals surface area contributed by atoms with Crippen molar-refractivity contribution >= 4 is 0 Å². The lowest BCUT2D eigenvalue weighted by Gasteiger charge is -2.29. The Morgan fingerprint density at radius 1 is 0.818 bits per heavy atom. The zero-order valence-electron chi connectivity index (χ0n) is 8.76. The Balaban J connectivity index is 3.66. The Morgan fingerprint density at radius 3 is 1.27 bits per heavy atom. The fourth-order valence-electron chi connectivity index (χ4n) is 0.678. The normalized spacial score (nSPS) is 12.5. The summed E-state index contributed by atoms with van der Waals surface area (Å²) >= 11 is 0. The topological polar surface area (TPSA) is 6.48 Å². The van der Waals surface area contributed by atoms with Gasteiger partial charge in [-0.05, 0) is 41.8 Å². The molecule has 0 saturated carbocycles. The van der Waals surface area contributed by atoms with Crippen LogP contribution in [0.5, 0.6) is 0 Å². The molecule has 0 atom stereocenters. The van der Waals surface area contributed by atoms with Gasteiger partial charge in [0.2, 0.25) is 0 Å². The molecule has 11 heavy (non-hydrogen) atoms. The van der Waals surface area contributed by atoms with Gasteiger partial charge in [0.1, 0.15) is 0 Å². The van der Waals surface area contributed by atoms with Gasteiger partial charge in [0.25, 0.3) is 0 Å². The maximum absolute atomic E-state index is 2.33. The van der Waals surface area contributed by atoms with E-state index in [4.69, 9.17) is 0 Å². The third kappa shape index (κ3) is 4.38. The van der Waals surface area contributed by atoms with E-state index in [1.807, 2.05) is 0 Å². The molecular weight excluding hydrogens is 136 g/mol. The molecule has 2 heteroatoms. The van der Waals surface area contributed by atoms with Gasteiger partial charge < -0.3 is 0 Å². The van der Waals surface area contributed by atoms with E-state index in [0.29, 0.717) is 12.1 Å². The van der Waals surface area contributed by atoms with Crippen LogP contribution in [0.25, 0.3) is 0 Å². The van der Waals surface area contributed by atoms with Gasteiger partial charge in [0.15, 0.2) is 0 Å². The Kier molecular flexibility index (Phi) is 4.69. The van der Waals surface area contributed by atoms with Crippen molar-refractivity contribution in [1.82, 2.24) is 9.80 Å². The summed E-state index contributed by atoms with van der Waals surface area (Å²) in [7, 11) is 4.31. The van der Waals surface area contributed by atoms with E-state index in [1.54, 1.807) is 0 Å². The van der Waals surface area contributed by atoms with Gasteiger partial charge in [-0.2, -0.15) is 0 Å². The predicted molar refractivity (Wildman–Crippen MR) is 50.7 cm³/mol. The first-order valence-electron chi connectivity index (χ1n) is 4.35. The van der Waals surface area contributed by atoms with Crippen molar-refractivity contribution in [3.63, 3.8) is 0 Å². The van der Waals surface area contributed by atoms with Crippen molar-refractivity contribution in [3.05, 3.63) is 0 Å². The van der Waals surface area contributed by atoms with Crippen LogP contribution in [0, 0.1) is 0 Å². The van der Waals surface area contributed by atoms with Crippen LogP contribution < -0.4 is 0 Å². The molecule has 0 heterocycles. The molecule has 0 saturated heterocycles. The van der Waals surface area contributed by atoms with Gasteiger partial charge in [-0.15, -0.1) is 0 Å². The van der Waals surface area contributed by atoms with Crippen LogP contribution in [0.1, 0.15) is 27.7 Å². The van der Waals surface area contributed by atoms with Crippen LogP contribution in [-0.2, 0) is 0 Å². The largest absolute Gasteiger partial charge is 0.291 e. The van der Waals surface area contributed by atoms with Crippen molar-refractivity contribution in [3.8, 4) is 0 Å². The summed E-state index contributed by atoms with van der Waals surface area (Å²) in [6.07, 6.45) is 0. The first-order chi connectivity index (χ1) is 4.95. The first-order valence-corrected chi connectivity index (χ1v) is 4.35. The van der Waals surface area contributed by atoms with E-state index in [9.17, 15) is 0 Å². The Labute approximate surface area is 71.2 Å². The van der Waals surface area contributed by atoms with Crippen LogP contribution in [0.15, 0.2) is 0 Å². The summed E-state index contributed by atoms with van der Waals surface area (Å²) < 4.78 is 0. The molecule has 0 aliphatic carbocycles. The molecular formula is C9H22N2. The van der Waals surface area contributed by atoms with Crippen molar-refractivity contribution < 1.29 is 0 Å². The SMILES string of the molecule is CC(C)N(C)CN(C)C(C)C. The molecule has 0 aromatic rings. The minimum Gasteiger partial charge on any atom is -0.291 e. The molecule has 2 nitrogen and oxygen atoms in total. The second kappa shape index (κ2) is 4.73. The van der Waals surface area contributed by atoms with Crippen molar-refractivity contribution in [2.75, 3.05) is 20.8 Å². The molecule has 0 amide bonds. The van der Waals surface area contributed by atoms with Gasteiger partial charge in [-0.25, -0.2) is 0 Å². The highest BCUT2D eigenvalue weighted by molar-refractivity contribution is 4.59. The second-order valence-corrected chi connectivity index (χ2v) is 3.84. The number of nitrogens with zero attached hydrogens (tertiary/aromatic N) is 2. The van der Waals surface area contributed by atoms with E-state index in [-0.39, 0.29) is 0 Å². The van der Waals surface area contributed by atoms with Crippen LogP contribution in [-0.4, -0.2) is 42.6 Å². The monoisotopic (exact) mass is 158 g/mol. The minimum absolute atomic E-state index is 0.635. The average molecular weight is 158 g/mol. The minimum atomic E-state index is 0.635. The summed E-state index contributed by atoms with van der Waals surface area (Å²) in [5, 5.41) is 0. The molecule has 0 aliphatic rings. The molecule has 0 N–H and O–H groups in total. The average Bonchev–Trinajstić information content (AvgIpc) is 1.87. The van der Waals surface area contributed by atoms with Gasteiger partial charge in [0, 0.05) is 12.1 Å². The molecule has 0 unspecified atom stereocenters. The number of hydrogen-bond donors (Lipinski definition) is 0. The van der Waals surface area contributed by atoms with Crippen LogP contribution in [0.4, 0.5) is 0 Å². The molecule has 0 aromatic heterocycles. The molecule has 0 rings (SSSR count). The quantitative estimate of drug-likeness (QED) is 0.574. The lowest BCUT2D eigenvalue weighted by molar-refractivity contribution is 0.129. The third-order valence-corrected chi connectivity index (χ3v) is 2.21. The van der Waals surface area contributed by atoms with E-state index in [1.165, 1.54) is 0 Å². The third-order valence-electron chi connectivity index (χ3n) is 2.21. The highest BCUT2D eigenvalue weighted by Gasteiger charge is 2.08. The summed E-state index contributed by atoms with van der Waals surface area (Å²) in [4.78, 5) is 4.67. The maximum Gasteiger partial charge on any atom is 0.0505 e. The highest BCUT2D eigenvalue weighted by Crippen LogP contribution is 1.98. The summed E-state index contributed by atoms with van der Waals surface area (Å²) in [6, 6.07) is 1.27. The van der Waals surface area contributed by atoms with Gasteiger partial charge in [0.05, 0.1) is 6.67 Å². The maximum atomic E-state index is 2.33. The van der Waals surface area contributed by atoms with Crippen LogP contribution in [0.2, 0.25) is 0 Å². The predicted octanol–water partition coefficient (Wildman–Crippen LogP) is 1.62. The van der Waals surface area contributed by atoms with E-state index >= 15 is 0 Å². The fourth-order valence-corrected chi connectivity index (χ4v) is 0.678. The van der Waals surface area contributed by atoms with E-state index in [0.717, 1.165) is 6.67 Å². The smallest absolute Gasteiger partial charge is 0.0505 e. The fraction of sp³-hybridized carbons (Fsp3) is 1.00. The molecule has 0 bridgehead atoms. The van der Waals surface area contributed by atoms with Crippen LogP contribution >= 0.6 is 0 Å². The highest BCUT2D eigenvalue weighted by atomic mass is 15.3. The molecule has 0 aliphatic heterocycles. The van der Waals surface area contributed by atoms with Gasteiger partial charge in [-0.1, -0.05) is 0 Å². The van der Waals surface area contributed by atoms with E-state index in [2.05, 4.69) is 51.6 Å².